The summed E-state index contributed by atoms with van der Waals surface area (Å²) in [6, 6.07) is 0. The molecule has 0 radical (unpaired) electrons. The maximum Gasteiger partial charge on any atom is 0.304 e. The van der Waals surface area contributed by atoms with Crippen LogP contribution < -0.4 is 4.72 Å². The molecule has 1 rings (SSSR count). The number of aliphatic carboxylic acids is 1. The number of nitrogens with one attached hydrogen (secondary N) is 1. The SMILES string of the molecule is O=C(O)CCS(=O)(=O)Nc1cnns1. The second kappa shape index (κ2) is 4.33. The van der Waals surface area contributed by atoms with E-state index in [1.165, 1.54) is 6.20 Å². The zero-order valence-corrected chi connectivity index (χ0v) is 8.51. The first-order valence-corrected chi connectivity index (χ1v) is 5.92. The summed E-state index contributed by atoms with van der Waals surface area (Å²) in [6.45, 7) is 0. The lowest BCUT2D eigenvalue weighted by molar-refractivity contribution is -0.136. The minimum Gasteiger partial charge on any atom is -0.481 e. The molecule has 2 N–H and O–H groups in total. The van der Waals surface area contributed by atoms with Crippen LogP contribution in [0.3, 0.4) is 0 Å². The molecule has 14 heavy (non-hydrogen) atoms. The maximum atomic E-state index is 11.2. The summed E-state index contributed by atoms with van der Waals surface area (Å²) in [5, 5.41) is 12.0. The summed E-state index contributed by atoms with van der Waals surface area (Å²) in [5.41, 5.74) is 0. The molecule has 0 atom stereocenters. The minimum atomic E-state index is -3.60. The number of anilines is 1. The molecule has 1 aromatic rings. The van der Waals surface area contributed by atoms with Gasteiger partial charge < -0.3 is 5.11 Å². The Hall–Kier alpha value is -1.22. The van der Waals surface area contributed by atoms with Gasteiger partial charge in [-0.2, -0.15) is 0 Å². The van der Waals surface area contributed by atoms with E-state index in [9.17, 15) is 13.2 Å². The molecule has 0 unspecified atom stereocenters. The summed E-state index contributed by atoms with van der Waals surface area (Å²) >= 11 is 0.885. The molecule has 7 nitrogen and oxygen atoms in total. The molecule has 0 spiro atoms. The number of carboxylic acid groups (broad SMARTS) is 1. The molecular weight excluding hydrogens is 230 g/mol. The van der Waals surface area contributed by atoms with Crippen molar-refractivity contribution in [2.45, 2.75) is 6.42 Å². The van der Waals surface area contributed by atoms with Crippen LogP contribution in [0.5, 0.6) is 0 Å². The van der Waals surface area contributed by atoms with Crippen LogP contribution >= 0.6 is 11.5 Å². The second-order valence-corrected chi connectivity index (χ2v) is 4.97. The van der Waals surface area contributed by atoms with Gasteiger partial charge in [-0.05, 0) is 0 Å². The monoisotopic (exact) mass is 237 g/mol. The van der Waals surface area contributed by atoms with Gasteiger partial charge in [-0.15, -0.1) is 5.10 Å². The summed E-state index contributed by atoms with van der Waals surface area (Å²) in [6.07, 6.45) is 0.824. The molecule has 1 aromatic heterocycles. The van der Waals surface area contributed by atoms with E-state index in [0.29, 0.717) is 0 Å². The Morgan fingerprint density at radius 1 is 1.64 bits per heavy atom. The second-order valence-electron chi connectivity index (χ2n) is 2.35. The average Bonchev–Trinajstić information content (AvgIpc) is 2.53. The van der Waals surface area contributed by atoms with Crippen molar-refractivity contribution >= 4 is 32.5 Å². The number of nitrogens with zero attached hydrogens (tertiary/aromatic N) is 2. The molecule has 0 fully saturated rings. The van der Waals surface area contributed by atoms with E-state index in [2.05, 4.69) is 14.3 Å². The van der Waals surface area contributed by atoms with Crippen molar-refractivity contribution in [3.8, 4) is 0 Å². The van der Waals surface area contributed by atoms with Crippen molar-refractivity contribution in [2.24, 2.45) is 0 Å². The first kappa shape index (κ1) is 10.9. The zero-order chi connectivity index (χ0) is 10.6. The largest absolute Gasteiger partial charge is 0.481 e. The Balaban J connectivity index is 2.55. The molecule has 1 heterocycles. The van der Waals surface area contributed by atoms with Crippen LogP contribution in [-0.2, 0) is 14.8 Å². The van der Waals surface area contributed by atoms with Crippen molar-refractivity contribution in [1.29, 1.82) is 0 Å². The molecule has 0 aliphatic heterocycles. The van der Waals surface area contributed by atoms with Crippen LogP contribution in [-0.4, -0.2) is 34.8 Å². The number of carbonyl (C=O) groups is 1. The van der Waals surface area contributed by atoms with Gasteiger partial charge in [-0.3, -0.25) is 9.52 Å². The van der Waals surface area contributed by atoms with Gasteiger partial charge in [0.15, 0.2) is 0 Å². The molecule has 0 aliphatic carbocycles. The smallest absolute Gasteiger partial charge is 0.304 e. The number of hydrogen-bond acceptors (Lipinski definition) is 6. The van der Waals surface area contributed by atoms with Gasteiger partial charge in [-0.1, -0.05) is 4.49 Å². The van der Waals surface area contributed by atoms with Gasteiger partial charge in [0.05, 0.1) is 18.4 Å². The van der Waals surface area contributed by atoms with Crippen LogP contribution in [0, 0.1) is 0 Å². The van der Waals surface area contributed by atoms with E-state index in [4.69, 9.17) is 5.11 Å². The highest BCUT2D eigenvalue weighted by Crippen LogP contribution is 2.11. The van der Waals surface area contributed by atoms with Gasteiger partial charge in [0.25, 0.3) is 0 Å². The van der Waals surface area contributed by atoms with Gasteiger partial charge >= 0.3 is 5.97 Å². The van der Waals surface area contributed by atoms with E-state index in [-0.39, 0.29) is 5.00 Å². The van der Waals surface area contributed by atoms with Gasteiger partial charge in [0, 0.05) is 11.5 Å². The predicted octanol–water partition coefficient (Wildman–Crippen LogP) is -0.245. The third-order valence-electron chi connectivity index (χ3n) is 1.20. The Bertz CT molecular complexity index is 399. The standard InChI is InChI=1S/C5H7N3O4S2/c9-5(10)1-2-14(11,12)7-4-3-6-8-13-4/h3,7H,1-2H2,(H,9,10). The summed E-state index contributed by atoms with van der Waals surface area (Å²) in [4.78, 5) is 10.1. The Labute approximate surface area is 84.0 Å². The topological polar surface area (TPSA) is 109 Å². The highest BCUT2D eigenvalue weighted by Gasteiger charge is 2.13. The van der Waals surface area contributed by atoms with E-state index in [0.717, 1.165) is 11.5 Å². The summed E-state index contributed by atoms with van der Waals surface area (Å²) in [7, 11) is -3.60. The van der Waals surface area contributed by atoms with E-state index >= 15 is 0 Å². The maximum absolute atomic E-state index is 11.2. The zero-order valence-electron chi connectivity index (χ0n) is 6.87. The van der Waals surface area contributed by atoms with Crippen molar-refractivity contribution in [3.05, 3.63) is 6.20 Å². The molecule has 9 heteroatoms. The lowest BCUT2D eigenvalue weighted by atomic mass is 10.5. The van der Waals surface area contributed by atoms with Crippen molar-refractivity contribution in [1.82, 2.24) is 9.59 Å². The predicted molar refractivity (Wildman–Crippen MR) is 49.6 cm³/mol. The Kier molecular flexibility index (Phi) is 3.36. The first-order valence-electron chi connectivity index (χ1n) is 3.49. The van der Waals surface area contributed by atoms with E-state index in [1.807, 2.05) is 0 Å². The van der Waals surface area contributed by atoms with Gasteiger partial charge in [0.1, 0.15) is 5.00 Å². The molecule has 0 saturated carbocycles. The molecule has 0 saturated heterocycles. The number of hydrogen-bond donors (Lipinski definition) is 2. The summed E-state index contributed by atoms with van der Waals surface area (Å²) in [5.74, 6) is -1.61. The lowest BCUT2D eigenvalue weighted by Crippen LogP contribution is -2.18. The number of sulfonamides is 1. The molecule has 0 bridgehead atoms. The number of carboxylic acids is 1. The van der Waals surface area contributed by atoms with E-state index in [1.54, 1.807) is 0 Å². The van der Waals surface area contributed by atoms with Crippen molar-refractivity contribution in [2.75, 3.05) is 10.5 Å². The fourth-order valence-electron chi connectivity index (χ4n) is 0.638. The van der Waals surface area contributed by atoms with Crippen LogP contribution in [0.1, 0.15) is 6.42 Å². The number of rotatable bonds is 5. The highest BCUT2D eigenvalue weighted by molar-refractivity contribution is 7.92. The number of aromatic nitrogens is 2. The quantitative estimate of drug-likeness (QED) is 0.731. The van der Waals surface area contributed by atoms with E-state index < -0.39 is 28.2 Å². The normalized spacial score (nSPS) is 11.1. The fourth-order valence-corrected chi connectivity index (χ4v) is 2.35. The van der Waals surface area contributed by atoms with Crippen LogP contribution in [0.2, 0.25) is 0 Å². The van der Waals surface area contributed by atoms with Gasteiger partial charge in [0.2, 0.25) is 10.0 Å². The van der Waals surface area contributed by atoms with Crippen LogP contribution in [0.4, 0.5) is 5.00 Å². The van der Waals surface area contributed by atoms with Crippen LogP contribution in [0.25, 0.3) is 0 Å². The molecule has 0 aromatic carbocycles. The van der Waals surface area contributed by atoms with Crippen LogP contribution in [0.15, 0.2) is 6.20 Å². The highest BCUT2D eigenvalue weighted by atomic mass is 32.2. The third kappa shape index (κ3) is 3.66. The Morgan fingerprint density at radius 3 is 2.86 bits per heavy atom. The molecule has 0 aliphatic rings. The van der Waals surface area contributed by atoms with Crippen molar-refractivity contribution in [3.63, 3.8) is 0 Å². The molecule has 78 valence electrons. The third-order valence-corrected chi connectivity index (χ3v) is 3.18. The molecular formula is C5H7N3O4S2. The minimum absolute atomic E-state index is 0.274. The first-order chi connectivity index (χ1) is 6.49. The summed E-state index contributed by atoms with van der Waals surface area (Å²) < 4.78 is 28.0. The lowest BCUT2D eigenvalue weighted by Gasteiger charge is -2.01. The average molecular weight is 237 g/mol. The van der Waals surface area contributed by atoms with Crippen molar-refractivity contribution < 1.29 is 18.3 Å². The molecule has 0 amide bonds. The van der Waals surface area contributed by atoms with Gasteiger partial charge in [-0.25, -0.2) is 8.42 Å². The fraction of sp³-hybridized carbons (Fsp3) is 0.400. The Morgan fingerprint density at radius 2 is 2.36 bits per heavy atom.